The smallest absolute Gasteiger partial charge is 0.0203 e. The lowest BCUT2D eigenvalue weighted by Gasteiger charge is -2.10. The molecule has 0 saturated carbocycles. The van der Waals surface area contributed by atoms with E-state index in [1.54, 1.807) is 0 Å². The fraction of sp³-hybridized carbons (Fsp3) is 0.600. The maximum Gasteiger partial charge on any atom is -0.0203 e. The summed E-state index contributed by atoms with van der Waals surface area (Å²) in [6.07, 6.45) is 8.64. The molecule has 0 fully saturated rings. The van der Waals surface area contributed by atoms with Crippen LogP contribution in [0.2, 0.25) is 0 Å². The molecular weight excluding hydrogens is 120 g/mol. The van der Waals surface area contributed by atoms with Crippen molar-refractivity contribution in [2.75, 3.05) is 0 Å². The summed E-state index contributed by atoms with van der Waals surface area (Å²) in [4.78, 5) is 0. The van der Waals surface area contributed by atoms with Gasteiger partial charge in [0.05, 0.1) is 0 Å². The van der Waals surface area contributed by atoms with E-state index >= 15 is 0 Å². The minimum absolute atomic E-state index is 0.334. The summed E-state index contributed by atoms with van der Waals surface area (Å²) in [7, 11) is 0. The molecule has 0 radical (unpaired) electrons. The molecule has 0 unspecified atom stereocenters. The summed E-state index contributed by atoms with van der Waals surface area (Å²) >= 11 is 0. The van der Waals surface area contributed by atoms with Gasteiger partial charge in [0.2, 0.25) is 0 Å². The minimum atomic E-state index is 0.334. The number of unbranched alkanes of at least 4 members (excludes halogenated alkanes) is 1. The van der Waals surface area contributed by atoms with Gasteiger partial charge in [0, 0.05) is 0 Å². The predicted octanol–water partition coefficient (Wildman–Crippen LogP) is 3.55. The molecule has 0 atom stereocenters. The Hall–Kier alpha value is -0.520. The molecule has 0 aliphatic heterocycles. The quantitative estimate of drug-likeness (QED) is 0.413. The van der Waals surface area contributed by atoms with Crippen molar-refractivity contribution in [1.29, 1.82) is 0 Å². The standard InChI is InChI=1S/C10H18/c1-5-6-7-8-9-10(2,3)4/h5,8-9H,1,6-7H2,2-4H3. The Morgan fingerprint density at radius 1 is 1.20 bits per heavy atom. The number of hydrogen-bond acceptors (Lipinski definition) is 0. The zero-order valence-corrected chi connectivity index (χ0v) is 7.35. The topological polar surface area (TPSA) is 0 Å². The summed E-state index contributed by atoms with van der Waals surface area (Å²) in [5.74, 6) is 0. The molecule has 0 amide bonds. The van der Waals surface area contributed by atoms with E-state index in [4.69, 9.17) is 0 Å². The van der Waals surface area contributed by atoms with Crippen LogP contribution in [0.4, 0.5) is 0 Å². The second-order valence-corrected chi connectivity index (χ2v) is 3.63. The average Bonchev–Trinajstić information content (AvgIpc) is 1.78. The van der Waals surface area contributed by atoms with Crippen molar-refractivity contribution < 1.29 is 0 Å². The molecule has 0 N–H and O–H groups in total. The minimum Gasteiger partial charge on any atom is -0.103 e. The molecule has 0 aromatic carbocycles. The van der Waals surface area contributed by atoms with Crippen molar-refractivity contribution >= 4 is 0 Å². The van der Waals surface area contributed by atoms with Gasteiger partial charge in [0.15, 0.2) is 0 Å². The molecular formula is C10H18. The van der Waals surface area contributed by atoms with Gasteiger partial charge in [0.1, 0.15) is 0 Å². The van der Waals surface area contributed by atoms with Crippen molar-refractivity contribution in [1.82, 2.24) is 0 Å². The highest BCUT2D eigenvalue weighted by Gasteiger charge is 2.01. The van der Waals surface area contributed by atoms with Crippen LogP contribution >= 0.6 is 0 Å². The number of hydrogen-bond donors (Lipinski definition) is 0. The van der Waals surface area contributed by atoms with Crippen molar-refractivity contribution in [2.24, 2.45) is 5.41 Å². The lowest BCUT2D eigenvalue weighted by molar-refractivity contribution is 0.542. The zero-order valence-electron chi connectivity index (χ0n) is 7.35. The van der Waals surface area contributed by atoms with Crippen LogP contribution in [0.5, 0.6) is 0 Å². The first kappa shape index (κ1) is 9.48. The van der Waals surface area contributed by atoms with Gasteiger partial charge < -0.3 is 0 Å². The summed E-state index contributed by atoms with van der Waals surface area (Å²) in [6, 6.07) is 0. The van der Waals surface area contributed by atoms with Crippen molar-refractivity contribution in [3.05, 3.63) is 24.8 Å². The lowest BCUT2D eigenvalue weighted by atomic mass is 9.96. The van der Waals surface area contributed by atoms with Gasteiger partial charge in [-0.25, -0.2) is 0 Å². The summed E-state index contributed by atoms with van der Waals surface area (Å²) in [5, 5.41) is 0. The van der Waals surface area contributed by atoms with Crippen LogP contribution in [0.15, 0.2) is 24.8 Å². The lowest BCUT2D eigenvalue weighted by Crippen LogP contribution is -1.97. The molecule has 0 bridgehead atoms. The van der Waals surface area contributed by atoms with Crippen molar-refractivity contribution in [3.63, 3.8) is 0 Å². The Bertz CT molecular complexity index is 112. The van der Waals surface area contributed by atoms with E-state index in [1.807, 2.05) is 6.08 Å². The molecule has 0 nitrogen and oxygen atoms in total. The molecule has 0 rings (SSSR count). The maximum atomic E-state index is 3.66. The second-order valence-electron chi connectivity index (χ2n) is 3.63. The predicted molar refractivity (Wildman–Crippen MR) is 48.0 cm³/mol. The van der Waals surface area contributed by atoms with E-state index in [0.717, 1.165) is 12.8 Å². The summed E-state index contributed by atoms with van der Waals surface area (Å²) < 4.78 is 0. The first-order valence-electron chi connectivity index (χ1n) is 3.85. The van der Waals surface area contributed by atoms with Crippen LogP contribution in [0, 0.1) is 5.41 Å². The Labute approximate surface area is 64.6 Å². The maximum absolute atomic E-state index is 3.66. The van der Waals surface area contributed by atoms with E-state index < -0.39 is 0 Å². The molecule has 0 aliphatic carbocycles. The third-order valence-corrected chi connectivity index (χ3v) is 1.16. The molecule has 0 spiro atoms. The highest BCUT2D eigenvalue weighted by atomic mass is 14.1. The SMILES string of the molecule is C=CCCC=CC(C)(C)C. The van der Waals surface area contributed by atoms with Gasteiger partial charge in [-0.2, -0.15) is 0 Å². The van der Waals surface area contributed by atoms with Gasteiger partial charge in [0.25, 0.3) is 0 Å². The van der Waals surface area contributed by atoms with Crippen LogP contribution in [0.1, 0.15) is 33.6 Å². The number of allylic oxidation sites excluding steroid dienone is 3. The van der Waals surface area contributed by atoms with E-state index in [9.17, 15) is 0 Å². The highest BCUT2D eigenvalue weighted by Crippen LogP contribution is 2.14. The fourth-order valence-electron chi connectivity index (χ4n) is 0.651. The van der Waals surface area contributed by atoms with Crippen LogP contribution in [-0.2, 0) is 0 Å². The van der Waals surface area contributed by atoms with Crippen LogP contribution in [0.3, 0.4) is 0 Å². The van der Waals surface area contributed by atoms with E-state index in [-0.39, 0.29) is 0 Å². The Morgan fingerprint density at radius 3 is 2.20 bits per heavy atom. The van der Waals surface area contributed by atoms with Gasteiger partial charge in [-0.05, 0) is 18.3 Å². The normalized spacial score (nSPS) is 12.3. The van der Waals surface area contributed by atoms with Gasteiger partial charge in [-0.1, -0.05) is 39.0 Å². The second kappa shape index (κ2) is 4.32. The Balaban J connectivity index is 3.46. The zero-order chi connectivity index (χ0) is 8.04. The van der Waals surface area contributed by atoms with Crippen LogP contribution in [0.25, 0.3) is 0 Å². The molecule has 0 aromatic rings. The van der Waals surface area contributed by atoms with Crippen molar-refractivity contribution in [2.45, 2.75) is 33.6 Å². The highest BCUT2D eigenvalue weighted by molar-refractivity contribution is 4.92. The Kier molecular flexibility index (Phi) is 4.10. The summed E-state index contributed by atoms with van der Waals surface area (Å²) in [6.45, 7) is 10.3. The molecule has 0 heteroatoms. The van der Waals surface area contributed by atoms with Crippen molar-refractivity contribution in [3.8, 4) is 0 Å². The molecule has 58 valence electrons. The summed E-state index contributed by atoms with van der Waals surface area (Å²) in [5.41, 5.74) is 0.334. The largest absolute Gasteiger partial charge is 0.103 e. The van der Waals surface area contributed by atoms with E-state index in [2.05, 4.69) is 39.5 Å². The number of rotatable bonds is 3. The van der Waals surface area contributed by atoms with E-state index in [1.165, 1.54) is 0 Å². The Morgan fingerprint density at radius 2 is 1.80 bits per heavy atom. The van der Waals surface area contributed by atoms with Crippen LogP contribution in [-0.4, -0.2) is 0 Å². The monoisotopic (exact) mass is 138 g/mol. The van der Waals surface area contributed by atoms with Gasteiger partial charge >= 0.3 is 0 Å². The first-order valence-corrected chi connectivity index (χ1v) is 3.85. The fourth-order valence-corrected chi connectivity index (χ4v) is 0.651. The molecule has 0 heterocycles. The molecule has 0 saturated heterocycles. The van der Waals surface area contributed by atoms with Gasteiger partial charge in [-0.15, -0.1) is 6.58 Å². The van der Waals surface area contributed by atoms with Gasteiger partial charge in [-0.3, -0.25) is 0 Å². The molecule has 10 heavy (non-hydrogen) atoms. The first-order chi connectivity index (χ1) is 4.56. The average molecular weight is 138 g/mol. The molecule has 0 aromatic heterocycles. The molecule has 0 aliphatic rings. The third kappa shape index (κ3) is 7.48. The third-order valence-electron chi connectivity index (χ3n) is 1.16. The van der Waals surface area contributed by atoms with Crippen LogP contribution < -0.4 is 0 Å². The van der Waals surface area contributed by atoms with E-state index in [0.29, 0.717) is 5.41 Å².